The molecular weight excluding hydrogens is 603 g/mol. The van der Waals surface area contributed by atoms with Crippen molar-refractivity contribution in [2.45, 2.75) is 90.6 Å². The molecule has 1 saturated carbocycles. The largest absolute Gasteiger partial charge is 0.496 e. The van der Waals surface area contributed by atoms with Crippen LogP contribution in [0.2, 0.25) is 0 Å². The van der Waals surface area contributed by atoms with Gasteiger partial charge in [0.05, 0.1) is 37.5 Å². The van der Waals surface area contributed by atoms with Gasteiger partial charge in [0.25, 0.3) is 5.56 Å². The molecule has 14 heteroatoms. The summed E-state index contributed by atoms with van der Waals surface area (Å²) in [6, 6.07) is 3.82. The Labute approximate surface area is 262 Å². The van der Waals surface area contributed by atoms with E-state index in [0.29, 0.717) is 52.4 Å². The van der Waals surface area contributed by atoms with Gasteiger partial charge >= 0.3 is 5.69 Å². The topological polar surface area (TPSA) is 139 Å². The van der Waals surface area contributed by atoms with E-state index in [1.54, 1.807) is 20.8 Å². The first-order valence-electron chi connectivity index (χ1n) is 14.8. The third-order valence-corrected chi connectivity index (χ3v) is 9.34. The maximum absolute atomic E-state index is 14.7. The number of hydrogen-bond donors (Lipinski definition) is 1. The predicted octanol–water partition coefficient (Wildman–Crippen LogP) is 3.79. The van der Waals surface area contributed by atoms with Crippen molar-refractivity contribution in [2.24, 2.45) is 0 Å². The Morgan fingerprint density at radius 2 is 1.82 bits per heavy atom. The number of amides is 1. The average molecular weight is 641 g/mol. The lowest BCUT2D eigenvalue weighted by Crippen LogP contribution is -2.56. The van der Waals surface area contributed by atoms with Gasteiger partial charge in [-0.15, -0.1) is 4.80 Å². The molecule has 1 amide bonds. The van der Waals surface area contributed by atoms with Crippen LogP contribution in [0.3, 0.4) is 0 Å². The van der Waals surface area contributed by atoms with E-state index in [0.717, 1.165) is 15.9 Å². The quantitative estimate of drug-likeness (QED) is 0.276. The molecule has 1 aliphatic rings. The number of ether oxygens (including phenoxy) is 2. The van der Waals surface area contributed by atoms with Crippen LogP contribution >= 0.6 is 11.3 Å². The zero-order chi connectivity index (χ0) is 32.6. The number of methoxy groups -OCH3 is 1. The number of aryl methyl sites for hydroxylation is 1. The van der Waals surface area contributed by atoms with Crippen LogP contribution in [0.4, 0.5) is 4.39 Å². The van der Waals surface area contributed by atoms with Crippen LogP contribution in [-0.4, -0.2) is 55.1 Å². The van der Waals surface area contributed by atoms with Crippen molar-refractivity contribution in [1.29, 1.82) is 0 Å². The van der Waals surface area contributed by atoms with E-state index in [1.807, 2.05) is 0 Å². The number of nitrogens with one attached hydrogen (secondary N) is 1. The van der Waals surface area contributed by atoms with Crippen LogP contribution in [0.25, 0.3) is 15.2 Å². The molecule has 3 aromatic heterocycles. The number of nitrogens with zero attached hydrogens (tertiary/aromatic N) is 5. The molecule has 45 heavy (non-hydrogen) atoms. The summed E-state index contributed by atoms with van der Waals surface area (Å²) in [5, 5.41) is 12.0. The van der Waals surface area contributed by atoms with Gasteiger partial charge < -0.3 is 14.8 Å². The third kappa shape index (κ3) is 6.21. The van der Waals surface area contributed by atoms with Crippen molar-refractivity contribution in [3.8, 4) is 10.8 Å². The summed E-state index contributed by atoms with van der Waals surface area (Å²) >= 11 is 1.15. The second-order valence-corrected chi connectivity index (χ2v) is 13.0. The molecule has 1 aromatic carbocycles. The first-order valence-corrected chi connectivity index (χ1v) is 15.6. The molecule has 0 aliphatic heterocycles. The third-order valence-electron chi connectivity index (χ3n) is 8.06. The van der Waals surface area contributed by atoms with E-state index in [-0.39, 0.29) is 29.9 Å². The van der Waals surface area contributed by atoms with Gasteiger partial charge in [-0.25, -0.2) is 13.8 Å². The van der Waals surface area contributed by atoms with E-state index in [1.165, 1.54) is 60.9 Å². The fourth-order valence-corrected chi connectivity index (χ4v) is 6.88. The highest BCUT2D eigenvalue weighted by atomic mass is 32.1. The fraction of sp³-hybridized carbons (Fsp3) is 0.484. The van der Waals surface area contributed by atoms with Gasteiger partial charge in [-0.3, -0.25) is 19.0 Å². The molecule has 3 heterocycles. The molecule has 0 bridgehead atoms. The second kappa shape index (κ2) is 12.7. The van der Waals surface area contributed by atoms with Gasteiger partial charge in [-0.2, -0.15) is 10.2 Å². The molecule has 0 radical (unpaired) electrons. The molecule has 4 aromatic rings. The lowest BCUT2D eigenvalue weighted by atomic mass is 9.96. The van der Waals surface area contributed by atoms with Gasteiger partial charge in [-0.05, 0) is 65.7 Å². The van der Waals surface area contributed by atoms with Crippen molar-refractivity contribution in [3.63, 3.8) is 0 Å². The van der Waals surface area contributed by atoms with E-state index >= 15 is 0 Å². The number of rotatable bonds is 10. The summed E-state index contributed by atoms with van der Waals surface area (Å²) in [5.41, 5.74) is -2.05. The molecule has 240 valence electrons. The molecule has 5 rings (SSSR count). The molecular formula is C31H37FN6O6S. The van der Waals surface area contributed by atoms with Gasteiger partial charge in [0.1, 0.15) is 38.8 Å². The van der Waals surface area contributed by atoms with Crippen molar-refractivity contribution in [2.75, 3.05) is 7.11 Å². The Bertz CT molecular complexity index is 1850. The molecule has 0 unspecified atom stereocenters. The summed E-state index contributed by atoms with van der Waals surface area (Å²) in [6.45, 7) is 8.21. The van der Waals surface area contributed by atoms with E-state index in [9.17, 15) is 23.6 Å². The molecule has 1 N–H and O–H groups in total. The van der Waals surface area contributed by atoms with Crippen LogP contribution in [0.1, 0.15) is 70.6 Å². The fourth-order valence-electron chi connectivity index (χ4n) is 5.66. The van der Waals surface area contributed by atoms with Crippen molar-refractivity contribution < 1.29 is 23.5 Å². The highest BCUT2D eigenvalue weighted by Crippen LogP contribution is 2.36. The second-order valence-electron chi connectivity index (χ2n) is 12.0. The molecule has 12 nitrogen and oxygen atoms in total. The van der Waals surface area contributed by atoms with Crippen LogP contribution in [0, 0.1) is 12.7 Å². The lowest BCUT2D eigenvalue weighted by molar-refractivity contribution is -0.129. The zero-order valence-corrected chi connectivity index (χ0v) is 26.9. The molecule has 1 fully saturated rings. The van der Waals surface area contributed by atoms with Crippen LogP contribution in [0.5, 0.6) is 5.75 Å². The molecule has 1 atom stereocenters. The smallest absolute Gasteiger partial charge is 0.333 e. The minimum atomic E-state index is -1.58. The number of halogens is 1. The molecule has 1 aliphatic carbocycles. The Balaban J connectivity index is 1.76. The highest BCUT2D eigenvalue weighted by Gasteiger charge is 2.37. The minimum absolute atomic E-state index is 0.145. The number of fused-ring (bicyclic) bond motifs is 1. The summed E-state index contributed by atoms with van der Waals surface area (Å²) in [4.78, 5) is 55.7. The van der Waals surface area contributed by atoms with Crippen LogP contribution in [-0.2, 0) is 26.4 Å². The average Bonchev–Trinajstić information content (AvgIpc) is 3.63. The van der Waals surface area contributed by atoms with Crippen molar-refractivity contribution in [3.05, 3.63) is 68.4 Å². The van der Waals surface area contributed by atoms with Crippen molar-refractivity contribution >= 4 is 33.2 Å². The Hall–Kier alpha value is -4.17. The Morgan fingerprint density at radius 1 is 1.16 bits per heavy atom. The Morgan fingerprint density at radius 3 is 2.44 bits per heavy atom. The number of carbonyl (C=O) groups is 2. The van der Waals surface area contributed by atoms with Crippen molar-refractivity contribution in [1.82, 2.24) is 29.4 Å². The lowest BCUT2D eigenvalue weighted by Gasteiger charge is -2.30. The Kier molecular flexibility index (Phi) is 9.08. The van der Waals surface area contributed by atoms with Crippen LogP contribution in [0.15, 0.2) is 40.2 Å². The van der Waals surface area contributed by atoms with Gasteiger partial charge in [0, 0.05) is 30.0 Å². The van der Waals surface area contributed by atoms with E-state index in [2.05, 4.69) is 15.5 Å². The first kappa shape index (κ1) is 32.2. The first-order chi connectivity index (χ1) is 21.3. The number of hydrogen-bond acceptors (Lipinski definition) is 9. The maximum Gasteiger partial charge on any atom is 0.333 e. The number of ketones is 1. The number of aromatic nitrogens is 5. The van der Waals surface area contributed by atoms with Crippen LogP contribution < -0.4 is 21.3 Å². The number of benzene rings is 1. The SMILES string of the molecule is COc1ccc(F)cc1[C@H](Cn1c(=O)n(C(C)(C)C(=O)NC(C)C)c(=O)c2c(C)c(-n3nccn3)sc21)OC1CCC(=O)CC1. The normalized spacial score (nSPS) is 15.2. The standard InChI is InChI=1S/C31H37FN6O6S/c1-17(2)35-29(41)31(4,5)37-26(40)25-18(3)27(38-33-13-14-34-38)45-28(25)36(30(37)42)16-24(44-21-10-8-20(39)9-11-21)22-15-19(32)7-12-23(22)43-6/h7,12-15,17,21,24H,8-11,16H2,1-6H3,(H,35,41)/t24-/m0/s1. The summed E-state index contributed by atoms with van der Waals surface area (Å²) in [6.07, 6.45) is 3.43. The minimum Gasteiger partial charge on any atom is -0.496 e. The summed E-state index contributed by atoms with van der Waals surface area (Å²) in [7, 11) is 1.46. The summed E-state index contributed by atoms with van der Waals surface area (Å²) < 4.78 is 29.2. The van der Waals surface area contributed by atoms with E-state index < -0.39 is 34.6 Å². The number of thiophene rings is 1. The van der Waals surface area contributed by atoms with E-state index in [4.69, 9.17) is 9.47 Å². The number of Topliss-reactive ketones (excluding diaryl/α,β-unsaturated/α-hetero) is 1. The monoisotopic (exact) mass is 640 g/mol. The van der Waals surface area contributed by atoms with Gasteiger partial charge in [-0.1, -0.05) is 11.3 Å². The number of carbonyl (C=O) groups excluding carboxylic acids is 2. The zero-order valence-electron chi connectivity index (χ0n) is 26.1. The molecule has 0 saturated heterocycles. The van der Waals surface area contributed by atoms with Gasteiger partial charge in [0.15, 0.2) is 0 Å². The predicted molar refractivity (Wildman–Crippen MR) is 167 cm³/mol. The molecule has 0 spiro atoms. The summed E-state index contributed by atoms with van der Waals surface area (Å²) in [5.74, 6) is -0.524. The maximum atomic E-state index is 14.7. The van der Waals surface area contributed by atoms with Gasteiger partial charge in [0.2, 0.25) is 5.91 Å². The highest BCUT2D eigenvalue weighted by molar-refractivity contribution is 7.21.